The van der Waals surface area contributed by atoms with Gasteiger partial charge in [-0.25, -0.2) is 0 Å². The topological polar surface area (TPSA) is 25.2 Å². The number of rotatable bonds is 4. The van der Waals surface area contributed by atoms with Crippen LogP contribution in [0, 0.1) is 5.41 Å². The Bertz CT molecular complexity index is 214. The predicted octanol–water partition coefficient (Wildman–Crippen LogP) is 1.90. The van der Waals surface area contributed by atoms with Crippen molar-refractivity contribution in [1.82, 2.24) is 4.57 Å². The van der Waals surface area contributed by atoms with E-state index in [1.807, 2.05) is 12.1 Å². The van der Waals surface area contributed by atoms with E-state index in [0.29, 0.717) is 0 Å². The molecule has 0 spiro atoms. The molecule has 0 atom stereocenters. The summed E-state index contributed by atoms with van der Waals surface area (Å²) in [5.74, 6) is 0. The molecule has 1 aromatic heterocycles. The van der Waals surface area contributed by atoms with Gasteiger partial charge in [0.2, 0.25) is 0 Å². The van der Waals surface area contributed by atoms with E-state index in [1.165, 1.54) is 0 Å². The van der Waals surface area contributed by atoms with Crippen molar-refractivity contribution in [2.75, 3.05) is 6.61 Å². The third-order valence-corrected chi connectivity index (χ3v) is 2.07. The SMILES string of the molecule is CC(C)(CCO)Cn1cccc1. The smallest absolute Gasteiger partial charge is 0.0436 e. The summed E-state index contributed by atoms with van der Waals surface area (Å²) in [7, 11) is 0. The van der Waals surface area contributed by atoms with Gasteiger partial charge in [-0.2, -0.15) is 0 Å². The fourth-order valence-corrected chi connectivity index (χ4v) is 1.35. The van der Waals surface area contributed by atoms with Crippen molar-refractivity contribution >= 4 is 0 Å². The number of hydrogen-bond acceptors (Lipinski definition) is 1. The molecule has 0 aromatic carbocycles. The van der Waals surface area contributed by atoms with E-state index < -0.39 is 0 Å². The lowest BCUT2D eigenvalue weighted by Crippen LogP contribution is -2.20. The molecule has 68 valence electrons. The second-order valence-corrected chi connectivity index (χ2v) is 3.99. The summed E-state index contributed by atoms with van der Waals surface area (Å²) < 4.78 is 2.15. The molecular weight excluding hydrogens is 150 g/mol. The fraction of sp³-hybridized carbons (Fsp3) is 0.600. The lowest BCUT2D eigenvalue weighted by atomic mass is 9.90. The minimum absolute atomic E-state index is 0.188. The van der Waals surface area contributed by atoms with Crippen LogP contribution in [0.1, 0.15) is 20.3 Å². The van der Waals surface area contributed by atoms with Gasteiger partial charge in [0, 0.05) is 25.5 Å². The van der Waals surface area contributed by atoms with Crippen LogP contribution in [0.2, 0.25) is 0 Å². The molecule has 1 aromatic rings. The van der Waals surface area contributed by atoms with Crippen LogP contribution in [0.4, 0.5) is 0 Å². The predicted molar refractivity (Wildman–Crippen MR) is 49.9 cm³/mol. The molecule has 0 fully saturated rings. The van der Waals surface area contributed by atoms with E-state index in [4.69, 9.17) is 5.11 Å². The standard InChI is InChI=1S/C10H17NO/c1-10(2,5-8-12)9-11-6-3-4-7-11/h3-4,6-7,12H,5,8-9H2,1-2H3. The van der Waals surface area contributed by atoms with Crippen LogP contribution < -0.4 is 0 Å². The molecule has 1 rings (SSSR count). The summed E-state index contributed by atoms with van der Waals surface area (Å²) in [5.41, 5.74) is 0.188. The summed E-state index contributed by atoms with van der Waals surface area (Å²) in [6.45, 7) is 5.58. The van der Waals surface area contributed by atoms with Gasteiger partial charge in [-0.3, -0.25) is 0 Å². The molecule has 0 aliphatic rings. The molecule has 0 saturated heterocycles. The number of aromatic nitrogens is 1. The fourth-order valence-electron chi connectivity index (χ4n) is 1.35. The summed E-state index contributed by atoms with van der Waals surface area (Å²) in [5, 5.41) is 8.82. The summed E-state index contributed by atoms with van der Waals surface area (Å²) in [4.78, 5) is 0. The summed E-state index contributed by atoms with van der Waals surface area (Å²) >= 11 is 0. The number of aliphatic hydroxyl groups is 1. The molecular formula is C10H17NO. The van der Waals surface area contributed by atoms with Crippen LogP contribution in [0.15, 0.2) is 24.5 Å². The van der Waals surface area contributed by atoms with Crippen LogP contribution in [0.3, 0.4) is 0 Å². The zero-order valence-electron chi connectivity index (χ0n) is 7.83. The lowest BCUT2D eigenvalue weighted by molar-refractivity contribution is 0.192. The van der Waals surface area contributed by atoms with Crippen LogP contribution in [-0.2, 0) is 6.54 Å². The first-order valence-corrected chi connectivity index (χ1v) is 4.36. The van der Waals surface area contributed by atoms with Gasteiger partial charge in [0.05, 0.1) is 0 Å². The molecule has 1 N–H and O–H groups in total. The van der Waals surface area contributed by atoms with Gasteiger partial charge in [-0.15, -0.1) is 0 Å². The molecule has 0 amide bonds. The highest BCUT2D eigenvalue weighted by Crippen LogP contribution is 2.21. The van der Waals surface area contributed by atoms with Gasteiger partial charge in [0.25, 0.3) is 0 Å². The van der Waals surface area contributed by atoms with Gasteiger partial charge >= 0.3 is 0 Å². The molecule has 0 bridgehead atoms. The van der Waals surface area contributed by atoms with Crippen LogP contribution in [0.25, 0.3) is 0 Å². The van der Waals surface area contributed by atoms with Gasteiger partial charge in [-0.05, 0) is 24.0 Å². The molecule has 0 aliphatic heterocycles. The summed E-state index contributed by atoms with van der Waals surface area (Å²) in [6, 6.07) is 4.05. The van der Waals surface area contributed by atoms with E-state index in [-0.39, 0.29) is 12.0 Å². The van der Waals surface area contributed by atoms with E-state index in [9.17, 15) is 0 Å². The van der Waals surface area contributed by atoms with Crippen molar-refractivity contribution in [3.63, 3.8) is 0 Å². The van der Waals surface area contributed by atoms with Crippen molar-refractivity contribution < 1.29 is 5.11 Å². The first kappa shape index (κ1) is 9.33. The molecule has 0 aliphatic carbocycles. The van der Waals surface area contributed by atoms with Gasteiger partial charge in [-0.1, -0.05) is 13.8 Å². The Labute approximate surface area is 73.8 Å². The minimum Gasteiger partial charge on any atom is -0.396 e. The molecule has 12 heavy (non-hydrogen) atoms. The largest absolute Gasteiger partial charge is 0.396 e. The van der Waals surface area contributed by atoms with Crippen LogP contribution in [0.5, 0.6) is 0 Å². The van der Waals surface area contributed by atoms with E-state index in [1.54, 1.807) is 0 Å². The molecule has 0 unspecified atom stereocenters. The van der Waals surface area contributed by atoms with Crippen LogP contribution >= 0.6 is 0 Å². The van der Waals surface area contributed by atoms with Gasteiger partial charge in [0.1, 0.15) is 0 Å². The number of hydrogen-bond donors (Lipinski definition) is 1. The first-order valence-electron chi connectivity index (χ1n) is 4.36. The van der Waals surface area contributed by atoms with E-state index in [0.717, 1.165) is 13.0 Å². The Kier molecular flexibility index (Phi) is 2.93. The van der Waals surface area contributed by atoms with Crippen LogP contribution in [-0.4, -0.2) is 16.3 Å². The zero-order chi connectivity index (χ0) is 9.03. The monoisotopic (exact) mass is 167 g/mol. The van der Waals surface area contributed by atoms with E-state index in [2.05, 4.69) is 30.8 Å². The van der Waals surface area contributed by atoms with Crippen molar-refractivity contribution in [3.8, 4) is 0 Å². The summed E-state index contributed by atoms with van der Waals surface area (Å²) in [6.07, 6.45) is 4.96. The minimum atomic E-state index is 0.188. The van der Waals surface area contributed by atoms with Crippen molar-refractivity contribution in [2.45, 2.75) is 26.8 Å². The normalized spacial score (nSPS) is 11.9. The second kappa shape index (κ2) is 3.76. The second-order valence-electron chi connectivity index (χ2n) is 3.99. The van der Waals surface area contributed by atoms with Crippen molar-refractivity contribution in [1.29, 1.82) is 0 Å². The highest BCUT2D eigenvalue weighted by atomic mass is 16.3. The number of nitrogens with zero attached hydrogens (tertiary/aromatic N) is 1. The Morgan fingerprint density at radius 3 is 2.33 bits per heavy atom. The van der Waals surface area contributed by atoms with Gasteiger partial charge < -0.3 is 9.67 Å². The Morgan fingerprint density at radius 1 is 1.25 bits per heavy atom. The maximum absolute atomic E-state index is 8.82. The Balaban J connectivity index is 2.50. The van der Waals surface area contributed by atoms with Gasteiger partial charge in [0.15, 0.2) is 0 Å². The number of aliphatic hydroxyl groups excluding tert-OH is 1. The van der Waals surface area contributed by atoms with E-state index >= 15 is 0 Å². The third kappa shape index (κ3) is 2.70. The molecule has 2 heteroatoms. The Hall–Kier alpha value is -0.760. The molecule has 0 saturated carbocycles. The van der Waals surface area contributed by atoms with Crippen molar-refractivity contribution in [2.24, 2.45) is 5.41 Å². The lowest BCUT2D eigenvalue weighted by Gasteiger charge is -2.23. The highest BCUT2D eigenvalue weighted by molar-refractivity contribution is 4.91. The quantitative estimate of drug-likeness (QED) is 0.728. The Morgan fingerprint density at radius 2 is 1.83 bits per heavy atom. The molecule has 2 nitrogen and oxygen atoms in total. The third-order valence-electron chi connectivity index (χ3n) is 2.07. The maximum Gasteiger partial charge on any atom is 0.0436 e. The maximum atomic E-state index is 8.82. The first-order chi connectivity index (χ1) is 5.64. The average molecular weight is 167 g/mol. The molecule has 1 heterocycles. The van der Waals surface area contributed by atoms with Crippen molar-refractivity contribution in [3.05, 3.63) is 24.5 Å². The highest BCUT2D eigenvalue weighted by Gasteiger charge is 2.16. The molecule has 0 radical (unpaired) electrons. The average Bonchev–Trinajstić information content (AvgIpc) is 2.38. The zero-order valence-corrected chi connectivity index (χ0v) is 7.83.